The van der Waals surface area contributed by atoms with E-state index in [2.05, 4.69) is 4.72 Å². The average molecular weight is 276 g/mol. The first-order chi connectivity index (χ1) is 2.41. The minimum absolute atomic E-state index is 0. The fourth-order valence-electron chi connectivity index (χ4n) is 0.129. The Morgan fingerprint density at radius 1 is 1.67 bits per heavy atom. The quantitative estimate of drug-likeness (QED) is 0.700. The Balaban J connectivity index is 0. The van der Waals surface area contributed by atoms with Gasteiger partial charge in [0.25, 0.3) is 0 Å². The van der Waals surface area contributed by atoms with E-state index in [1.807, 2.05) is 13.2 Å². The van der Waals surface area contributed by atoms with Crippen molar-refractivity contribution in [2.24, 2.45) is 0 Å². The van der Waals surface area contributed by atoms with Crippen LogP contribution in [-0.2, 0) is 20.4 Å². The van der Waals surface area contributed by atoms with Gasteiger partial charge in [-0.25, -0.2) is 0 Å². The van der Waals surface area contributed by atoms with E-state index in [-0.39, 0.29) is 20.4 Å². The van der Waals surface area contributed by atoms with Gasteiger partial charge < -0.3 is 4.72 Å². The molecule has 0 unspecified atom stereocenters. The summed E-state index contributed by atoms with van der Waals surface area (Å²) < 4.78 is 3.89. The Hall–Kier alpha value is 0.972. The molecule has 0 spiro atoms. The Kier molecular flexibility index (Phi) is 15.7. The van der Waals surface area contributed by atoms with Crippen LogP contribution in [0.5, 0.6) is 0 Å². The Morgan fingerprint density at radius 2 is 2.17 bits per heavy atom. The van der Waals surface area contributed by atoms with Crippen LogP contribution in [-0.4, -0.2) is 12.8 Å². The third-order valence-corrected chi connectivity index (χ3v) is 0.775. The molecule has 0 N–H and O–H groups in total. The first kappa shape index (κ1) is 10.1. The zero-order valence-electron chi connectivity index (χ0n) is 3.94. The molecule has 3 heteroatoms. The molecular weight excluding hydrogens is 268 g/mol. The molecule has 0 aliphatic heterocycles. The number of rotatable bonds is 2. The van der Waals surface area contributed by atoms with E-state index < -0.39 is 0 Å². The summed E-state index contributed by atoms with van der Waals surface area (Å²) in [6, 6.07) is 0. The first-order valence-corrected chi connectivity index (χ1v) is 2.80. The molecule has 0 rings (SSSR count). The smallest absolute Gasteiger partial charge is 0 e. The molecule has 0 aromatic rings. The molecule has 0 atom stereocenters. The molecule has 1 nitrogen and oxygen atoms in total. The Labute approximate surface area is 57.1 Å². The standard InChI is InChI=1S/C3H8NS.Re/c1-3-4-5-2;/h3H2,1-2H3;/q-1;. The predicted molar refractivity (Wildman–Crippen MR) is 27.4 cm³/mol. The number of nitrogens with zero attached hydrogens (tertiary/aromatic N) is 1. The molecule has 0 amide bonds. The molecule has 0 saturated heterocycles. The van der Waals surface area contributed by atoms with Gasteiger partial charge in [0.2, 0.25) is 0 Å². The van der Waals surface area contributed by atoms with Crippen molar-refractivity contribution in [1.29, 1.82) is 0 Å². The van der Waals surface area contributed by atoms with Crippen molar-refractivity contribution in [2.75, 3.05) is 12.8 Å². The number of hydrogen-bond donors (Lipinski definition) is 0. The van der Waals surface area contributed by atoms with Gasteiger partial charge in [0.1, 0.15) is 0 Å². The molecule has 39 valence electrons. The molecule has 0 aliphatic carbocycles. The largest absolute Gasteiger partial charge is 0.607 e. The van der Waals surface area contributed by atoms with Gasteiger partial charge >= 0.3 is 0 Å². The third-order valence-electron chi connectivity index (χ3n) is 0.258. The predicted octanol–water partition coefficient (Wildman–Crippen LogP) is 1.66. The first-order valence-electron chi connectivity index (χ1n) is 1.61. The van der Waals surface area contributed by atoms with Crippen LogP contribution >= 0.6 is 11.9 Å². The van der Waals surface area contributed by atoms with Gasteiger partial charge in [-0.1, -0.05) is 6.92 Å². The second-order valence-corrected chi connectivity index (χ2v) is 1.25. The summed E-state index contributed by atoms with van der Waals surface area (Å²) in [7, 11) is 0. The van der Waals surface area contributed by atoms with Crippen molar-refractivity contribution in [2.45, 2.75) is 6.92 Å². The van der Waals surface area contributed by atoms with Gasteiger partial charge in [0.15, 0.2) is 0 Å². The monoisotopic (exact) mass is 277 g/mol. The summed E-state index contributed by atoms with van der Waals surface area (Å²) in [6.07, 6.45) is 1.96. The van der Waals surface area contributed by atoms with Crippen molar-refractivity contribution in [3.63, 3.8) is 0 Å². The van der Waals surface area contributed by atoms with Gasteiger partial charge in [-0.2, -0.15) is 0 Å². The van der Waals surface area contributed by atoms with Crippen molar-refractivity contribution in [1.82, 2.24) is 0 Å². The fraction of sp³-hybridized carbons (Fsp3) is 1.00. The maximum Gasteiger partial charge on any atom is 0 e. The molecular formula is C3H8NReS-. The normalized spacial score (nSPS) is 7.00. The van der Waals surface area contributed by atoms with Crippen LogP contribution < -0.4 is 0 Å². The topological polar surface area (TPSA) is 14.1 Å². The van der Waals surface area contributed by atoms with Crippen LogP contribution in [0.15, 0.2) is 0 Å². The van der Waals surface area contributed by atoms with E-state index in [4.69, 9.17) is 0 Å². The molecule has 0 bridgehead atoms. The molecule has 6 heavy (non-hydrogen) atoms. The minimum atomic E-state index is 0. The van der Waals surface area contributed by atoms with Crippen LogP contribution in [0.2, 0.25) is 0 Å². The summed E-state index contributed by atoms with van der Waals surface area (Å²) in [4.78, 5) is 0. The number of hydrogen-bond acceptors (Lipinski definition) is 1. The van der Waals surface area contributed by atoms with Gasteiger partial charge in [-0.3, -0.25) is 11.9 Å². The molecule has 0 aromatic heterocycles. The van der Waals surface area contributed by atoms with E-state index in [1.54, 1.807) is 0 Å². The van der Waals surface area contributed by atoms with Crippen molar-refractivity contribution in [3.8, 4) is 0 Å². The van der Waals surface area contributed by atoms with Crippen LogP contribution in [0, 0.1) is 0 Å². The zero-order valence-corrected chi connectivity index (χ0v) is 7.47. The summed E-state index contributed by atoms with van der Waals surface area (Å²) in [5.41, 5.74) is 0. The van der Waals surface area contributed by atoms with E-state index in [0.717, 1.165) is 6.54 Å². The summed E-state index contributed by atoms with van der Waals surface area (Å²) in [6.45, 7) is 2.96. The minimum Gasteiger partial charge on any atom is -0.607 e. The second kappa shape index (κ2) is 9.36. The molecule has 0 fully saturated rings. The van der Waals surface area contributed by atoms with Crippen molar-refractivity contribution in [3.05, 3.63) is 4.72 Å². The van der Waals surface area contributed by atoms with Crippen LogP contribution in [0.1, 0.15) is 6.92 Å². The Morgan fingerprint density at radius 3 is 2.17 bits per heavy atom. The van der Waals surface area contributed by atoms with Crippen LogP contribution in [0.4, 0.5) is 0 Å². The maximum atomic E-state index is 3.89. The molecule has 1 radical (unpaired) electrons. The summed E-state index contributed by atoms with van der Waals surface area (Å²) in [5, 5.41) is 0. The maximum absolute atomic E-state index is 3.89. The second-order valence-electron chi connectivity index (χ2n) is 0.628. The Bertz CT molecular complexity index is 18.3. The molecule has 0 heterocycles. The molecule has 0 aliphatic rings. The van der Waals surface area contributed by atoms with Crippen molar-refractivity contribution >= 4 is 11.9 Å². The van der Waals surface area contributed by atoms with Gasteiger partial charge in [-0.15, -0.1) is 6.54 Å². The van der Waals surface area contributed by atoms with Crippen molar-refractivity contribution < 1.29 is 20.4 Å². The summed E-state index contributed by atoms with van der Waals surface area (Å²) >= 11 is 1.53. The van der Waals surface area contributed by atoms with Gasteiger partial charge in [0.05, 0.1) is 0 Å². The van der Waals surface area contributed by atoms with E-state index >= 15 is 0 Å². The average Bonchev–Trinajstić information content (AvgIpc) is 1.41. The molecule has 0 aromatic carbocycles. The van der Waals surface area contributed by atoms with E-state index in [0.29, 0.717) is 0 Å². The fourth-order valence-corrected chi connectivity index (χ4v) is 0.387. The third kappa shape index (κ3) is 8.88. The van der Waals surface area contributed by atoms with Crippen LogP contribution in [0.25, 0.3) is 4.72 Å². The van der Waals surface area contributed by atoms with Crippen LogP contribution in [0.3, 0.4) is 0 Å². The van der Waals surface area contributed by atoms with E-state index in [1.165, 1.54) is 11.9 Å². The van der Waals surface area contributed by atoms with E-state index in [9.17, 15) is 0 Å². The van der Waals surface area contributed by atoms with Gasteiger partial charge in [0, 0.05) is 20.4 Å². The molecule has 0 saturated carbocycles. The van der Waals surface area contributed by atoms with Gasteiger partial charge in [-0.05, 0) is 6.26 Å². The summed E-state index contributed by atoms with van der Waals surface area (Å²) in [5.74, 6) is 0. The zero-order chi connectivity index (χ0) is 4.12. The SMILES string of the molecule is CC[N-]SC.[Re].